The lowest BCUT2D eigenvalue weighted by Crippen LogP contribution is -1.98. The summed E-state index contributed by atoms with van der Waals surface area (Å²) in [4.78, 5) is 5.47. The van der Waals surface area contributed by atoms with E-state index in [1.54, 1.807) is 6.26 Å². The number of rotatable bonds is 5. The summed E-state index contributed by atoms with van der Waals surface area (Å²) in [6.07, 6.45) is 1.78. The van der Waals surface area contributed by atoms with E-state index >= 15 is 0 Å². The van der Waals surface area contributed by atoms with Crippen molar-refractivity contribution in [1.82, 2.24) is 9.55 Å². The maximum Gasteiger partial charge on any atom is 0.141 e. The molecule has 0 amide bonds. The van der Waals surface area contributed by atoms with Gasteiger partial charge in [0.25, 0.3) is 0 Å². The number of pyridine rings is 1. The quantitative estimate of drug-likeness (QED) is 0.162. The molecule has 66 heavy (non-hydrogen) atoms. The van der Waals surface area contributed by atoms with Crippen molar-refractivity contribution in [2.75, 3.05) is 0 Å². The van der Waals surface area contributed by atoms with E-state index in [0.29, 0.717) is 0 Å². The number of nitrogens with zero attached hydrogens (tertiary/aromatic N) is 2. The molecule has 14 rings (SSSR count). The third-order valence-electron chi connectivity index (χ3n) is 13.8. The third kappa shape index (κ3) is 5.73. The first-order chi connectivity index (χ1) is 32.7. The van der Waals surface area contributed by atoms with Crippen LogP contribution in [0.5, 0.6) is 0 Å². The Kier molecular flexibility index (Phi) is 7.98. The lowest BCUT2D eigenvalue weighted by atomic mass is 9.91. The van der Waals surface area contributed by atoms with Gasteiger partial charge in [-0.1, -0.05) is 164 Å². The highest BCUT2D eigenvalue weighted by Gasteiger charge is 2.20. The van der Waals surface area contributed by atoms with Gasteiger partial charge in [-0.05, 0) is 131 Å². The largest absolute Gasteiger partial charge is 0.464 e. The molecule has 0 saturated heterocycles. The van der Waals surface area contributed by atoms with Crippen LogP contribution < -0.4 is 0 Å². The van der Waals surface area contributed by atoms with E-state index in [9.17, 15) is 0 Å². The summed E-state index contributed by atoms with van der Waals surface area (Å²) in [7, 11) is 0. The van der Waals surface area contributed by atoms with Crippen molar-refractivity contribution < 1.29 is 4.42 Å². The Morgan fingerprint density at radius 1 is 0.303 bits per heavy atom. The number of para-hydroxylation sites is 1. The van der Waals surface area contributed by atoms with Crippen molar-refractivity contribution in [2.24, 2.45) is 0 Å². The van der Waals surface area contributed by atoms with Gasteiger partial charge in [-0.15, -0.1) is 0 Å². The highest BCUT2D eigenvalue weighted by Crippen LogP contribution is 2.44. The van der Waals surface area contributed by atoms with Gasteiger partial charge in [-0.3, -0.25) is 0 Å². The van der Waals surface area contributed by atoms with Crippen molar-refractivity contribution in [3.63, 3.8) is 0 Å². The lowest BCUT2D eigenvalue weighted by Gasteiger charge is -2.15. The van der Waals surface area contributed by atoms with Crippen LogP contribution in [0.3, 0.4) is 0 Å². The fraction of sp³-hybridized carbons (Fsp3) is 0. The average Bonchev–Trinajstić information content (AvgIpc) is 4.00. The van der Waals surface area contributed by atoms with Crippen molar-refractivity contribution in [1.29, 1.82) is 0 Å². The van der Waals surface area contributed by atoms with Crippen molar-refractivity contribution in [2.45, 2.75) is 0 Å². The van der Waals surface area contributed by atoms with Gasteiger partial charge < -0.3 is 8.98 Å². The van der Waals surface area contributed by atoms with Crippen LogP contribution in [0.4, 0.5) is 0 Å². The zero-order valence-electron chi connectivity index (χ0n) is 35.7. The Hall–Kier alpha value is -8.79. The Morgan fingerprint density at radius 3 is 1.61 bits per heavy atom. The molecule has 0 aliphatic heterocycles. The first kappa shape index (κ1) is 36.7. The number of furan rings is 1. The first-order valence-electron chi connectivity index (χ1n) is 22.6. The SMILES string of the molecule is c1ccc(-c2ccc3c(c2)c2cc4c5ccccc5c5ccc(-c6cccc7ccoc67)cc5c4cc2n3-c2cc(-c3ccc4ccccc4c3)nc(-c3ccc4ccccc4c3)c2)cc1. The van der Waals surface area contributed by atoms with E-state index < -0.39 is 0 Å². The molecule has 0 N–H and O–H groups in total. The van der Waals surface area contributed by atoms with Crippen LogP contribution in [0.25, 0.3) is 137 Å². The highest BCUT2D eigenvalue weighted by molar-refractivity contribution is 6.29. The summed E-state index contributed by atoms with van der Waals surface area (Å²) in [6.45, 7) is 0. The van der Waals surface area contributed by atoms with Gasteiger partial charge >= 0.3 is 0 Å². The zero-order chi connectivity index (χ0) is 43.3. The second kappa shape index (κ2) is 14.4. The van der Waals surface area contributed by atoms with E-state index in [-0.39, 0.29) is 0 Å². The summed E-state index contributed by atoms with van der Waals surface area (Å²) in [5.41, 5.74) is 12.8. The van der Waals surface area contributed by atoms with Crippen LogP contribution in [-0.2, 0) is 0 Å². The molecular formula is C63H38N2O. The summed E-state index contributed by atoms with van der Waals surface area (Å²) < 4.78 is 8.56. The average molecular weight is 839 g/mol. The van der Waals surface area contributed by atoms with E-state index in [1.807, 2.05) is 6.07 Å². The molecule has 3 heterocycles. The van der Waals surface area contributed by atoms with Crippen LogP contribution in [0, 0.1) is 0 Å². The van der Waals surface area contributed by atoms with Crippen molar-refractivity contribution in [3.8, 4) is 50.5 Å². The molecule has 3 nitrogen and oxygen atoms in total. The molecule has 306 valence electrons. The van der Waals surface area contributed by atoms with Crippen LogP contribution in [0.15, 0.2) is 235 Å². The maximum absolute atomic E-state index is 6.09. The maximum atomic E-state index is 6.09. The van der Waals surface area contributed by atoms with E-state index in [0.717, 1.165) is 61.3 Å². The molecular weight excluding hydrogens is 801 g/mol. The highest BCUT2D eigenvalue weighted by atomic mass is 16.3. The first-order valence-corrected chi connectivity index (χ1v) is 22.6. The molecule has 0 spiro atoms. The van der Waals surface area contributed by atoms with Gasteiger partial charge in [0.05, 0.1) is 34.4 Å². The minimum Gasteiger partial charge on any atom is -0.464 e. The van der Waals surface area contributed by atoms with Crippen LogP contribution in [0.2, 0.25) is 0 Å². The predicted octanol–water partition coefficient (Wildman–Crippen LogP) is 17.4. The Morgan fingerprint density at radius 2 is 0.864 bits per heavy atom. The van der Waals surface area contributed by atoms with Gasteiger partial charge in [0, 0.05) is 32.8 Å². The molecule has 0 saturated carbocycles. The number of hydrogen-bond acceptors (Lipinski definition) is 2. The monoisotopic (exact) mass is 838 g/mol. The van der Waals surface area contributed by atoms with Gasteiger partial charge in [0.1, 0.15) is 5.58 Å². The summed E-state index contributed by atoms with van der Waals surface area (Å²) >= 11 is 0. The molecule has 0 radical (unpaired) electrons. The fourth-order valence-electron chi connectivity index (χ4n) is 10.6. The number of hydrogen-bond donors (Lipinski definition) is 0. The molecule has 3 aromatic heterocycles. The second-order valence-electron chi connectivity index (χ2n) is 17.5. The Labute approximate surface area is 380 Å². The molecule has 14 aromatic rings. The van der Waals surface area contributed by atoms with Gasteiger partial charge in [0.15, 0.2) is 0 Å². The summed E-state index contributed by atoms with van der Waals surface area (Å²) in [5, 5.41) is 15.6. The Balaban J connectivity index is 1.10. The van der Waals surface area contributed by atoms with Crippen molar-refractivity contribution in [3.05, 3.63) is 231 Å². The summed E-state index contributed by atoms with van der Waals surface area (Å²) in [6, 6.07) is 81.9. The molecule has 0 aliphatic carbocycles. The zero-order valence-corrected chi connectivity index (χ0v) is 35.7. The van der Waals surface area contributed by atoms with Gasteiger partial charge in [0.2, 0.25) is 0 Å². The molecule has 0 bridgehead atoms. The minimum absolute atomic E-state index is 0.904. The number of benzene rings is 11. The summed E-state index contributed by atoms with van der Waals surface area (Å²) in [5.74, 6) is 0. The fourth-order valence-corrected chi connectivity index (χ4v) is 10.6. The molecule has 11 aromatic carbocycles. The minimum atomic E-state index is 0.904. The normalized spacial score (nSPS) is 11.9. The van der Waals surface area contributed by atoms with Crippen LogP contribution >= 0.6 is 0 Å². The molecule has 0 unspecified atom stereocenters. The topological polar surface area (TPSA) is 31.0 Å². The van der Waals surface area contributed by atoms with Gasteiger partial charge in [-0.25, -0.2) is 4.98 Å². The van der Waals surface area contributed by atoms with Crippen LogP contribution in [-0.4, -0.2) is 9.55 Å². The molecule has 0 aliphatic rings. The smallest absolute Gasteiger partial charge is 0.141 e. The molecule has 0 atom stereocenters. The van der Waals surface area contributed by atoms with Gasteiger partial charge in [-0.2, -0.15) is 0 Å². The standard InChI is InChI=1S/C63H38N2O/c1-2-11-39(12-3-1)45-26-28-61-57(33-45)58-37-55-52-19-9-8-18-51(52)53-27-25-46(50-20-10-17-42-29-30-66-63(42)50)34-54(53)56(55)38-62(58)65(61)49-35-59(47-23-21-40-13-4-6-15-43(40)31-47)64-60(36-49)48-24-22-41-14-5-7-16-44(41)32-48/h1-38H. The van der Waals surface area contributed by atoms with Crippen molar-refractivity contribution >= 4 is 86.6 Å². The molecule has 0 fully saturated rings. The second-order valence-corrected chi connectivity index (χ2v) is 17.5. The lowest BCUT2D eigenvalue weighted by molar-refractivity contribution is 0.617. The molecule has 3 heteroatoms. The third-order valence-corrected chi connectivity index (χ3v) is 13.8. The Bertz CT molecular complexity index is 4190. The predicted molar refractivity (Wildman–Crippen MR) is 278 cm³/mol. The van der Waals surface area contributed by atoms with E-state index in [4.69, 9.17) is 9.40 Å². The van der Waals surface area contributed by atoms with E-state index in [1.165, 1.54) is 75.8 Å². The number of fused-ring (bicyclic) bond motifs is 12. The number of aromatic nitrogens is 2. The van der Waals surface area contributed by atoms with Crippen LogP contribution in [0.1, 0.15) is 0 Å². The van der Waals surface area contributed by atoms with E-state index in [2.05, 4.69) is 223 Å².